The fourth-order valence-electron chi connectivity index (χ4n) is 0.566. The van der Waals surface area contributed by atoms with Crippen molar-refractivity contribution in [2.75, 3.05) is 6.61 Å². The molecule has 0 aromatic carbocycles. The Balaban J connectivity index is 3.30. The highest BCUT2D eigenvalue weighted by Gasteiger charge is 1.94. The summed E-state index contributed by atoms with van der Waals surface area (Å²) in [5.74, 6) is -0.146. The van der Waals surface area contributed by atoms with Gasteiger partial charge in [-0.1, -0.05) is 19.1 Å². The molecule has 0 aliphatic rings. The minimum absolute atomic E-state index is 0.146. The maximum atomic E-state index is 10.6. The first-order valence-corrected chi connectivity index (χ1v) is 3.61. The number of hydrogen-bond donors (Lipinski definition) is 0. The first-order valence-electron chi connectivity index (χ1n) is 3.61. The van der Waals surface area contributed by atoms with E-state index in [4.69, 9.17) is 4.74 Å². The molecule has 0 amide bonds. The van der Waals surface area contributed by atoms with Crippen LogP contribution >= 0.6 is 0 Å². The monoisotopic (exact) mass is 142 g/mol. The van der Waals surface area contributed by atoms with Crippen LogP contribution in [-0.2, 0) is 9.53 Å². The first kappa shape index (κ1) is 9.21. The van der Waals surface area contributed by atoms with E-state index in [1.54, 1.807) is 6.92 Å². The SMILES string of the molecule is CC/C=C/CC(=O)OCC. The molecule has 0 rings (SSSR count). The summed E-state index contributed by atoms with van der Waals surface area (Å²) in [6, 6.07) is 0. The Hall–Kier alpha value is -0.790. The molecule has 0 spiro atoms. The van der Waals surface area contributed by atoms with E-state index in [1.807, 2.05) is 19.1 Å². The number of ether oxygens (including phenoxy) is 1. The van der Waals surface area contributed by atoms with Crippen molar-refractivity contribution in [3.63, 3.8) is 0 Å². The molecule has 0 aromatic rings. The largest absolute Gasteiger partial charge is 0.466 e. The molecular weight excluding hydrogens is 128 g/mol. The summed E-state index contributed by atoms with van der Waals surface area (Å²) in [6.45, 7) is 4.31. The molecule has 2 nitrogen and oxygen atoms in total. The summed E-state index contributed by atoms with van der Waals surface area (Å²) in [6.07, 6.45) is 5.16. The van der Waals surface area contributed by atoms with Gasteiger partial charge in [0, 0.05) is 0 Å². The topological polar surface area (TPSA) is 26.3 Å². The van der Waals surface area contributed by atoms with Gasteiger partial charge in [-0.05, 0) is 13.3 Å². The zero-order chi connectivity index (χ0) is 7.82. The summed E-state index contributed by atoms with van der Waals surface area (Å²) < 4.78 is 4.70. The summed E-state index contributed by atoms with van der Waals surface area (Å²) in [7, 11) is 0. The molecule has 0 fully saturated rings. The van der Waals surface area contributed by atoms with Gasteiger partial charge in [0.2, 0.25) is 0 Å². The highest BCUT2D eigenvalue weighted by Crippen LogP contribution is 1.89. The molecule has 0 aliphatic carbocycles. The minimum Gasteiger partial charge on any atom is -0.466 e. The van der Waals surface area contributed by atoms with Crippen molar-refractivity contribution in [1.29, 1.82) is 0 Å². The van der Waals surface area contributed by atoms with Gasteiger partial charge in [0.05, 0.1) is 13.0 Å². The van der Waals surface area contributed by atoms with E-state index in [0.717, 1.165) is 6.42 Å². The average molecular weight is 142 g/mol. The predicted octanol–water partition coefficient (Wildman–Crippen LogP) is 1.91. The third-order valence-electron chi connectivity index (χ3n) is 0.992. The van der Waals surface area contributed by atoms with Crippen molar-refractivity contribution < 1.29 is 9.53 Å². The van der Waals surface area contributed by atoms with Gasteiger partial charge >= 0.3 is 5.97 Å². The normalized spacial score (nSPS) is 10.2. The van der Waals surface area contributed by atoms with Crippen molar-refractivity contribution in [1.82, 2.24) is 0 Å². The Bertz CT molecular complexity index is 116. The van der Waals surface area contributed by atoms with Crippen LogP contribution in [0.3, 0.4) is 0 Å². The number of hydrogen-bond acceptors (Lipinski definition) is 2. The lowest BCUT2D eigenvalue weighted by atomic mass is 10.3. The summed E-state index contributed by atoms with van der Waals surface area (Å²) in [4.78, 5) is 10.6. The van der Waals surface area contributed by atoms with Gasteiger partial charge in [-0.3, -0.25) is 4.79 Å². The van der Waals surface area contributed by atoms with Gasteiger partial charge in [0.15, 0.2) is 0 Å². The van der Waals surface area contributed by atoms with E-state index >= 15 is 0 Å². The predicted molar refractivity (Wildman–Crippen MR) is 40.7 cm³/mol. The maximum Gasteiger partial charge on any atom is 0.309 e. The van der Waals surface area contributed by atoms with Crippen molar-refractivity contribution in [3.05, 3.63) is 12.2 Å². The Morgan fingerprint density at radius 2 is 2.10 bits per heavy atom. The van der Waals surface area contributed by atoms with Crippen molar-refractivity contribution in [2.45, 2.75) is 26.7 Å². The second-order valence-electron chi connectivity index (χ2n) is 1.89. The zero-order valence-electron chi connectivity index (χ0n) is 6.59. The van der Waals surface area contributed by atoms with Crippen molar-refractivity contribution in [2.24, 2.45) is 0 Å². The number of carbonyl (C=O) groups excluding carboxylic acids is 1. The summed E-state index contributed by atoms with van der Waals surface area (Å²) in [5, 5.41) is 0. The molecule has 2 heteroatoms. The van der Waals surface area contributed by atoms with Crippen LogP contribution in [0.1, 0.15) is 26.7 Å². The fraction of sp³-hybridized carbons (Fsp3) is 0.625. The molecule has 0 heterocycles. The van der Waals surface area contributed by atoms with Crippen LogP contribution in [-0.4, -0.2) is 12.6 Å². The van der Waals surface area contributed by atoms with Crippen LogP contribution in [0.5, 0.6) is 0 Å². The molecular formula is C8H14O2. The lowest BCUT2D eigenvalue weighted by molar-refractivity contribution is -0.142. The molecule has 10 heavy (non-hydrogen) atoms. The van der Waals surface area contributed by atoms with Gasteiger partial charge in [0.1, 0.15) is 0 Å². The van der Waals surface area contributed by atoms with E-state index < -0.39 is 0 Å². The Morgan fingerprint density at radius 3 is 2.60 bits per heavy atom. The van der Waals surface area contributed by atoms with Crippen LogP contribution in [0.4, 0.5) is 0 Å². The van der Waals surface area contributed by atoms with Crippen LogP contribution in [0.2, 0.25) is 0 Å². The minimum atomic E-state index is -0.146. The standard InChI is InChI=1S/C8H14O2/c1-3-5-6-7-8(9)10-4-2/h5-6H,3-4,7H2,1-2H3/b6-5+. The Labute approximate surface area is 61.9 Å². The summed E-state index contributed by atoms with van der Waals surface area (Å²) in [5.41, 5.74) is 0. The molecule has 0 radical (unpaired) electrons. The molecule has 0 atom stereocenters. The third kappa shape index (κ3) is 5.35. The van der Waals surface area contributed by atoms with Crippen molar-refractivity contribution >= 4 is 5.97 Å². The number of esters is 1. The van der Waals surface area contributed by atoms with E-state index in [9.17, 15) is 4.79 Å². The second kappa shape index (κ2) is 6.33. The molecule has 0 saturated carbocycles. The van der Waals surface area contributed by atoms with E-state index in [1.165, 1.54) is 0 Å². The van der Waals surface area contributed by atoms with Crippen molar-refractivity contribution in [3.8, 4) is 0 Å². The lowest BCUT2D eigenvalue weighted by Gasteiger charge is -1.95. The fourth-order valence-corrected chi connectivity index (χ4v) is 0.566. The molecule has 0 saturated heterocycles. The summed E-state index contributed by atoms with van der Waals surface area (Å²) >= 11 is 0. The average Bonchev–Trinajstić information content (AvgIpc) is 1.89. The van der Waals surface area contributed by atoms with E-state index in [2.05, 4.69) is 0 Å². The molecule has 0 aromatic heterocycles. The van der Waals surface area contributed by atoms with Crippen LogP contribution in [0.25, 0.3) is 0 Å². The van der Waals surface area contributed by atoms with Crippen LogP contribution in [0.15, 0.2) is 12.2 Å². The smallest absolute Gasteiger partial charge is 0.309 e. The van der Waals surface area contributed by atoms with Gasteiger partial charge in [0.25, 0.3) is 0 Å². The zero-order valence-corrected chi connectivity index (χ0v) is 6.59. The van der Waals surface area contributed by atoms with E-state index in [0.29, 0.717) is 13.0 Å². The maximum absolute atomic E-state index is 10.6. The van der Waals surface area contributed by atoms with Crippen LogP contribution < -0.4 is 0 Å². The number of rotatable bonds is 4. The highest BCUT2D eigenvalue weighted by molar-refractivity contribution is 5.71. The highest BCUT2D eigenvalue weighted by atomic mass is 16.5. The van der Waals surface area contributed by atoms with E-state index in [-0.39, 0.29) is 5.97 Å². The molecule has 0 bridgehead atoms. The van der Waals surface area contributed by atoms with Gasteiger partial charge in [-0.15, -0.1) is 0 Å². The quantitative estimate of drug-likeness (QED) is 0.442. The van der Waals surface area contributed by atoms with Gasteiger partial charge in [-0.2, -0.15) is 0 Å². The van der Waals surface area contributed by atoms with Gasteiger partial charge in [-0.25, -0.2) is 0 Å². The molecule has 58 valence electrons. The molecule has 0 aliphatic heterocycles. The second-order valence-corrected chi connectivity index (χ2v) is 1.89. The lowest BCUT2D eigenvalue weighted by Crippen LogP contribution is -2.01. The molecule has 0 unspecified atom stereocenters. The molecule has 0 N–H and O–H groups in total. The first-order chi connectivity index (χ1) is 4.81. The van der Waals surface area contributed by atoms with Gasteiger partial charge < -0.3 is 4.74 Å². The Morgan fingerprint density at radius 1 is 1.40 bits per heavy atom. The Kier molecular flexibility index (Phi) is 5.83. The third-order valence-corrected chi connectivity index (χ3v) is 0.992. The van der Waals surface area contributed by atoms with Crippen LogP contribution in [0, 0.1) is 0 Å². The number of allylic oxidation sites excluding steroid dienone is 1. The number of carbonyl (C=O) groups is 1.